The molecule has 1 atom stereocenters. The third-order valence-electron chi connectivity index (χ3n) is 6.95. The van der Waals surface area contributed by atoms with Crippen LogP contribution in [-0.2, 0) is 11.2 Å². The summed E-state index contributed by atoms with van der Waals surface area (Å²) >= 11 is 1.59. The van der Waals surface area contributed by atoms with Gasteiger partial charge >= 0.3 is 0 Å². The van der Waals surface area contributed by atoms with Gasteiger partial charge in [-0.3, -0.25) is 4.79 Å². The standard InChI is InChI=1S/C26H32N4OS/c1-19(25(31)29-16-7-8-17-29)32-26-28-27-24(30(26)22-13-3-2-4-14-22)18-21-12-9-11-20-10-5-6-15-23(20)21/h5-6,9-12,15,19,22H,2-4,7-8,13-14,16-18H2,1H3/t19-/m1/s1. The fourth-order valence-electron chi connectivity index (χ4n) is 5.23. The molecule has 0 radical (unpaired) electrons. The van der Waals surface area contributed by atoms with E-state index in [2.05, 4.69) is 57.2 Å². The van der Waals surface area contributed by atoms with Crippen molar-refractivity contribution in [2.24, 2.45) is 0 Å². The summed E-state index contributed by atoms with van der Waals surface area (Å²) in [7, 11) is 0. The molecule has 5 nitrogen and oxygen atoms in total. The zero-order valence-electron chi connectivity index (χ0n) is 18.9. The molecule has 0 N–H and O–H groups in total. The molecule has 0 spiro atoms. The lowest BCUT2D eigenvalue weighted by molar-refractivity contribution is -0.129. The lowest BCUT2D eigenvalue weighted by Gasteiger charge is -2.26. The Bertz CT molecular complexity index is 1080. The summed E-state index contributed by atoms with van der Waals surface area (Å²) in [5, 5.41) is 12.6. The number of hydrogen-bond donors (Lipinski definition) is 0. The van der Waals surface area contributed by atoms with Crippen molar-refractivity contribution in [1.82, 2.24) is 19.7 Å². The molecule has 1 saturated carbocycles. The van der Waals surface area contributed by atoms with Gasteiger partial charge in [-0.05, 0) is 48.9 Å². The SMILES string of the molecule is C[C@@H](Sc1nnc(Cc2cccc3ccccc23)n1C1CCCCC1)C(=O)N1CCCC1. The van der Waals surface area contributed by atoms with Gasteiger partial charge in [0.25, 0.3) is 0 Å². The van der Waals surface area contributed by atoms with Crippen molar-refractivity contribution in [2.45, 2.75) is 74.7 Å². The molecule has 2 aromatic carbocycles. The zero-order valence-corrected chi connectivity index (χ0v) is 19.7. The van der Waals surface area contributed by atoms with Crippen molar-refractivity contribution < 1.29 is 4.79 Å². The molecule has 2 fully saturated rings. The molecule has 1 aromatic heterocycles. The van der Waals surface area contributed by atoms with Gasteiger partial charge < -0.3 is 9.47 Å². The molecule has 6 heteroatoms. The molecule has 1 aliphatic carbocycles. The predicted molar refractivity (Wildman–Crippen MR) is 130 cm³/mol. The number of rotatable bonds is 6. The highest BCUT2D eigenvalue weighted by Gasteiger charge is 2.28. The van der Waals surface area contributed by atoms with Crippen molar-refractivity contribution in [3.8, 4) is 0 Å². The van der Waals surface area contributed by atoms with Crippen molar-refractivity contribution in [2.75, 3.05) is 13.1 Å². The molecule has 2 heterocycles. The Kier molecular flexibility index (Phi) is 6.49. The highest BCUT2D eigenvalue weighted by Crippen LogP contribution is 2.35. The van der Waals surface area contributed by atoms with Crippen LogP contribution in [0.1, 0.15) is 69.3 Å². The Morgan fingerprint density at radius 1 is 1.00 bits per heavy atom. The Morgan fingerprint density at radius 2 is 1.75 bits per heavy atom. The van der Waals surface area contributed by atoms with E-state index in [0.717, 1.165) is 43.3 Å². The van der Waals surface area contributed by atoms with E-state index < -0.39 is 0 Å². The average molecular weight is 449 g/mol. The van der Waals surface area contributed by atoms with Crippen molar-refractivity contribution >= 4 is 28.4 Å². The fourth-order valence-corrected chi connectivity index (χ4v) is 6.26. The van der Waals surface area contributed by atoms with E-state index in [4.69, 9.17) is 0 Å². The van der Waals surface area contributed by atoms with Crippen LogP contribution in [0.5, 0.6) is 0 Å². The van der Waals surface area contributed by atoms with Crippen molar-refractivity contribution in [1.29, 1.82) is 0 Å². The minimum atomic E-state index is -0.134. The second-order valence-corrected chi connectivity index (χ2v) is 10.5. The Labute approximate surface area is 194 Å². The first-order chi connectivity index (χ1) is 15.7. The quantitative estimate of drug-likeness (QED) is 0.459. The smallest absolute Gasteiger partial charge is 0.235 e. The first-order valence-corrected chi connectivity index (χ1v) is 12.9. The maximum atomic E-state index is 12.9. The summed E-state index contributed by atoms with van der Waals surface area (Å²) in [6, 6.07) is 15.5. The van der Waals surface area contributed by atoms with E-state index >= 15 is 0 Å². The molecule has 0 unspecified atom stereocenters. The second-order valence-electron chi connectivity index (χ2n) is 9.17. The highest BCUT2D eigenvalue weighted by molar-refractivity contribution is 8.00. The summed E-state index contributed by atoms with van der Waals surface area (Å²) in [6.07, 6.45) is 9.16. The van der Waals surface area contributed by atoms with E-state index in [0.29, 0.717) is 6.04 Å². The number of benzene rings is 2. The largest absolute Gasteiger partial charge is 0.342 e. The van der Waals surface area contributed by atoms with Crippen LogP contribution in [0, 0.1) is 0 Å². The molecule has 1 amide bonds. The van der Waals surface area contributed by atoms with E-state index in [1.54, 1.807) is 11.8 Å². The van der Waals surface area contributed by atoms with Crippen LogP contribution in [0.25, 0.3) is 10.8 Å². The van der Waals surface area contributed by atoms with E-state index in [1.807, 2.05) is 11.8 Å². The Morgan fingerprint density at radius 3 is 2.56 bits per heavy atom. The summed E-state index contributed by atoms with van der Waals surface area (Å²) in [5.41, 5.74) is 1.28. The molecule has 3 aromatic rings. The number of thioether (sulfide) groups is 1. The molecular weight excluding hydrogens is 416 g/mol. The predicted octanol–water partition coefficient (Wildman–Crippen LogP) is 5.63. The number of carbonyl (C=O) groups is 1. The molecule has 32 heavy (non-hydrogen) atoms. The summed E-state index contributed by atoms with van der Waals surface area (Å²) in [6.45, 7) is 3.81. The van der Waals surface area contributed by atoms with E-state index in [1.165, 1.54) is 48.4 Å². The maximum absolute atomic E-state index is 12.9. The topological polar surface area (TPSA) is 51.0 Å². The monoisotopic (exact) mass is 448 g/mol. The lowest BCUT2D eigenvalue weighted by Crippen LogP contribution is -2.34. The van der Waals surface area contributed by atoms with E-state index in [9.17, 15) is 4.79 Å². The highest BCUT2D eigenvalue weighted by atomic mass is 32.2. The van der Waals surface area contributed by atoms with E-state index in [-0.39, 0.29) is 11.2 Å². The van der Waals surface area contributed by atoms with Gasteiger partial charge in [-0.15, -0.1) is 10.2 Å². The Hall–Kier alpha value is -2.34. The maximum Gasteiger partial charge on any atom is 0.235 e. The minimum Gasteiger partial charge on any atom is -0.342 e. The molecule has 2 aliphatic rings. The number of amides is 1. The van der Waals surface area contributed by atoms with Crippen LogP contribution in [0.2, 0.25) is 0 Å². The number of nitrogens with zero attached hydrogens (tertiary/aromatic N) is 4. The van der Waals surface area contributed by atoms with Crippen LogP contribution in [-0.4, -0.2) is 43.9 Å². The van der Waals surface area contributed by atoms with Gasteiger partial charge in [0.05, 0.1) is 5.25 Å². The minimum absolute atomic E-state index is 0.134. The first kappa shape index (κ1) is 21.5. The lowest BCUT2D eigenvalue weighted by atomic mass is 9.95. The van der Waals surface area contributed by atoms with Crippen LogP contribution in [0.3, 0.4) is 0 Å². The van der Waals surface area contributed by atoms with Gasteiger partial charge in [-0.25, -0.2) is 0 Å². The molecule has 1 saturated heterocycles. The van der Waals surface area contributed by atoms with Crippen molar-refractivity contribution in [3.63, 3.8) is 0 Å². The number of likely N-dealkylation sites (tertiary alicyclic amines) is 1. The van der Waals surface area contributed by atoms with Gasteiger partial charge in [0, 0.05) is 25.6 Å². The van der Waals surface area contributed by atoms with Gasteiger partial charge in [0.2, 0.25) is 5.91 Å². The Balaban J connectivity index is 1.44. The second kappa shape index (κ2) is 9.65. The molecular formula is C26H32N4OS. The van der Waals surface area contributed by atoms with Gasteiger partial charge in [0.15, 0.2) is 5.16 Å². The summed E-state index contributed by atoms with van der Waals surface area (Å²) in [4.78, 5) is 14.9. The normalized spacial score (nSPS) is 18.3. The third-order valence-corrected chi connectivity index (χ3v) is 8.00. The number of carbonyl (C=O) groups excluding carboxylic acids is 1. The summed E-state index contributed by atoms with van der Waals surface area (Å²) in [5.74, 6) is 1.26. The average Bonchev–Trinajstić information content (AvgIpc) is 3.50. The first-order valence-electron chi connectivity index (χ1n) is 12.1. The van der Waals surface area contributed by atoms with Gasteiger partial charge in [-0.1, -0.05) is 73.5 Å². The number of hydrogen-bond acceptors (Lipinski definition) is 4. The molecule has 1 aliphatic heterocycles. The van der Waals surface area contributed by atoms with Crippen LogP contribution in [0.4, 0.5) is 0 Å². The van der Waals surface area contributed by atoms with Crippen LogP contribution in [0.15, 0.2) is 47.6 Å². The third kappa shape index (κ3) is 4.42. The van der Waals surface area contributed by atoms with Gasteiger partial charge in [0.1, 0.15) is 5.82 Å². The number of aromatic nitrogens is 3. The van der Waals surface area contributed by atoms with Gasteiger partial charge in [-0.2, -0.15) is 0 Å². The molecule has 168 valence electrons. The van der Waals surface area contributed by atoms with Crippen LogP contribution >= 0.6 is 11.8 Å². The fraction of sp³-hybridized carbons (Fsp3) is 0.500. The van der Waals surface area contributed by atoms with Crippen molar-refractivity contribution in [3.05, 3.63) is 53.9 Å². The molecule has 0 bridgehead atoms. The van der Waals surface area contributed by atoms with Crippen LogP contribution < -0.4 is 0 Å². The summed E-state index contributed by atoms with van der Waals surface area (Å²) < 4.78 is 2.37. The molecule has 5 rings (SSSR count). The number of fused-ring (bicyclic) bond motifs is 1. The zero-order chi connectivity index (χ0) is 21.9.